The monoisotopic (exact) mass is 451 g/mol. The Hall–Kier alpha value is -1.97. The summed E-state index contributed by atoms with van der Waals surface area (Å²) in [7, 11) is 0. The number of nitrogens with zero attached hydrogens (tertiary/aromatic N) is 3. The molecular weight excluding hydrogens is 438 g/mol. The van der Waals surface area contributed by atoms with Crippen molar-refractivity contribution in [3.05, 3.63) is 67.4 Å². The van der Waals surface area contributed by atoms with Crippen molar-refractivity contribution in [1.29, 1.82) is 0 Å². The van der Waals surface area contributed by atoms with E-state index in [2.05, 4.69) is 20.9 Å². The van der Waals surface area contributed by atoms with Crippen molar-refractivity contribution in [2.45, 2.75) is 6.54 Å². The molecule has 0 aliphatic heterocycles. The Morgan fingerprint density at radius 1 is 1.35 bits per heavy atom. The minimum Gasteiger partial charge on any atom is -0.315 e. The summed E-state index contributed by atoms with van der Waals surface area (Å²) >= 11 is 6.33. The van der Waals surface area contributed by atoms with Gasteiger partial charge in [-0.3, -0.25) is 14.9 Å². The van der Waals surface area contributed by atoms with Crippen molar-refractivity contribution in [3.63, 3.8) is 0 Å². The first-order valence-electron chi connectivity index (χ1n) is 7.61. The molecule has 9 heteroatoms. The number of benzene rings is 2. The third-order valence-electron chi connectivity index (χ3n) is 3.70. The van der Waals surface area contributed by atoms with Gasteiger partial charge in [0.25, 0.3) is 11.6 Å². The highest BCUT2D eigenvalue weighted by Crippen LogP contribution is 2.24. The summed E-state index contributed by atoms with van der Waals surface area (Å²) in [6.07, 6.45) is 2.00. The summed E-state index contributed by atoms with van der Waals surface area (Å²) in [5.74, 6) is 0.496. The van der Waals surface area contributed by atoms with Gasteiger partial charge in [0.1, 0.15) is 0 Å². The molecule has 0 atom stereocenters. The van der Waals surface area contributed by atoms with Crippen LogP contribution in [0.3, 0.4) is 0 Å². The fraction of sp³-hybridized carbons (Fsp3) is 0.176. The molecule has 26 heavy (non-hydrogen) atoms. The Kier molecular flexibility index (Phi) is 5.90. The molecule has 134 valence electrons. The van der Waals surface area contributed by atoms with Gasteiger partial charge in [0.15, 0.2) is 4.80 Å². The van der Waals surface area contributed by atoms with Crippen LogP contribution >= 0.6 is 39.0 Å². The molecular formula is C17H14BrN3O3S2. The van der Waals surface area contributed by atoms with Crippen molar-refractivity contribution in [3.8, 4) is 0 Å². The van der Waals surface area contributed by atoms with E-state index in [0.29, 0.717) is 21.4 Å². The molecule has 0 radical (unpaired) electrons. The van der Waals surface area contributed by atoms with Crippen LogP contribution in [0.25, 0.3) is 10.2 Å². The number of aromatic nitrogens is 1. The van der Waals surface area contributed by atoms with Crippen molar-refractivity contribution in [2.24, 2.45) is 4.99 Å². The van der Waals surface area contributed by atoms with Gasteiger partial charge in [-0.15, -0.1) is 0 Å². The van der Waals surface area contributed by atoms with Crippen LogP contribution in [-0.4, -0.2) is 27.4 Å². The zero-order valence-electron chi connectivity index (χ0n) is 13.7. The number of fused-ring (bicyclic) bond motifs is 1. The van der Waals surface area contributed by atoms with Gasteiger partial charge in [-0.2, -0.15) is 16.8 Å². The minimum absolute atomic E-state index is 0.0273. The lowest BCUT2D eigenvalue weighted by Crippen LogP contribution is -2.18. The number of nitro benzene ring substituents is 1. The molecule has 0 spiro atoms. The molecule has 0 bridgehead atoms. The van der Waals surface area contributed by atoms with Gasteiger partial charge >= 0.3 is 0 Å². The first kappa shape index (κ1) is 18.8. The fourth-order valence-corrected chi connectivity index (χ4v) is 4.35. The number of hydrogen-bond acceptors (Lipinski definition) is 5. The normalized spacial score (nSPS) is 11.8. The molecule has 0 saturated carbocycles. The first-order valence-corrected chi connectivity index (χ1v) is 10.6. The maximum atomic E-state index is 12.6. The van der Waals surface area contributed by atoms with Crippen molar-refractivity contribution < 1.29 is 9.72 Å². The molecule has 0 fully saturated rings. The third-order valence-corrected chi connectivity index (χ3v) is 6.02. The van der Waals surface area contributed by atoms with E-state index < -0.39 is 4.92 Å². The van der Waals surface area contributed by atoms with Crippen LogP contribution in [-0.2, 0) is 6.54 Å². The van der Waals surface area contributed by atoms with E-state index in [1.807, 2.05) is 16.9 Å². The maximum absolute atomic E-state index is 12.6. The van der Waals surface area contributed by atoms with Gasteiger partial charge in [0.2, 0.25) is 0 Å². The molecule has 3 rings (SSSR count). The molecule has 0 unspecified atom stereocenters. The molecule has 0 aliphatic carbocycles. The second-order valence-electron chi connectivity index (χ2n) is 5.34. The number of carbonyl (C=O) groups excluding carboxylic acids is 1. The predicted molar refractivity (Wildman–Crippen MR) is 109 cm³/mol. The molecule has 0 N–H and O–H groups in total. The number of hydrogen-bond donors (Lipinski definition) is 0. The van der Waals surface area contributed by atoms with Crippen LogP contribution in [0.15, 0.2) is 51.9 Å². The maximum Gasteiger partial charge on any atom is 0.280 e. The quantitative estimate of drug-likeness (QED) is 0.423. The minimum atomic E-state index is -0.422. The molecule has 0 saturated heterocycles. The van der Waals surface area contributed by atoms with Gasteiger partial charge in [0.05, 0.1) is 20.7 Å². The number of halogens is 1. The smallest absolute Gasteiger partial charge is 0.280 e. The largest absolute Gasteiger partial charge is 0.315 e. The highest BCUT2D eigenvalue weighted by atomic mass is 79.9. The summed E-state index contributed by atoms with van der Waals surface area (Å²) in [6.45, 7) is 0.668. The number of non-ortho nitro benzene ring substituents is 1. The highest BCUT2D eigenvalue weighted by molar-refractivity contribution is 9.10. The zero-order chi connectivity index (χ0) is 18.7. The van der Waals surface area contributed by atoms with Gasteiger partial charge in [-0.25, -0.2) is 0 Å². The molecule has 3 aromatic rings. The molecule has 2 aromatic carbocycles. The Balaban J connectivity index is 2.15. The number of amides is 1. The number of aryl methyl sites for hydroxylation is 1. The summed E-state index contributed by atoms with van der Waals surface area (Å²) in [5.41, 5.74) is 1.35. The van der Waals surface area contributed by atoms with E-state index >= 15 is 0 Å². The van der Waals surface area contributed by atoms with E-state index in [1.165, 1.54) is 23.5 Å². The summed E-state index contributed by atoms with van der Waals surface area (Å²) in [4.78, 5) is 28.0. The average molecular weight is 452 g/mol. The lowest BCUT2D eigenvalue weighted by Gasteiger charge is -2.04. The van der Waals surface area contributed by atoms with Crippen LogP contribution in [0.4, 0.5) is 5.69 Å². The Morgan fingerprint density at radius 2 is 2.12 bits per heavy atom. The topological polar surface area (TPSA) is 77.5 Å². The predicted octanol–water partition coefficient (Wildman–Crippen LogP) is 4.48. The Labute approximate surface area is 165 Å². The number of nitro groups is 1. The van der Waals surface area contributed by atoms with Gasteiger partial charge in [-0.1, -0.05) is 23.5 Å². The van der Waals surface area contributed by atoms with Crippen molar-refractivity contribution in [2.75, 3.05) is 12.0 Å². The van der Waals surface area contributed by atoms with Gasteiger partial charge in [-0.05, 0) is 40.4 Å². The van der Waals surface area contributed by atoms with Crippen molar-refractivity contribution >= 4 is 60.8 Å². The first-order chi connectivity index (χ1) is 12.5. The van der Waals surface area contributed by atoms with Crippen LogP contribution in [0, 0.1) is 10.1 Å². The van der Waals surface area contributed by atoms with Crippen LogP contribution < -0.4 is 4.80 Å². The number of thiazole rings is 1. The van der Waals surface area contributed by atoms with Crippen LogP contribution in [0.5, 0.6) is 0 Å². The summed E-state index contributed by atoms with van der Waals surface area (Å²) < 4.78 is 3.36. The Morgan fingerprint density at radius 3 is 2.81 bits per heavy atom. The van der Waals surface area contributed by atoms with E-state index in [-0.39, 0.29) is 11.6 Å². The van der Waals surface area contributed by atoms with E-state index in [0.717, 1.165) is 16.0 Å². The average Bonchev–Trinajstić information content (AvgIpc) is 2.96. The second kappa shape index (κ2) is 8.15. The third kappa shape index (κ3) is 3.89. The van der Waals surface area contributed by atoms with E-state index in [4.69, 9.17) is 0 Å². The molecule has 0 aliphatic rings. The highest BCUT2D eigenvalue weighted by Gasteiger charge is 2.14. The fourth-order valence-electron chi connectivity index (χ4n) is 2.44. The zero-order valence-corrected chi connectivity index (χ0v) is 16.9. The summed E-state index contributed by atoms with van der Waals surface area (Å²) in [5, 5.41) is 11.0. The second-order valence-corrected chi connectivity index (χ2v) is 8.18. The lowest BCUT2D eigenvalue weighted by molar-refractivity contribution is -0.384. The number of rotatable bonds is 5. The lowest BCUT2D eigenvalue weighted by atomic mass is 10.2. The van der Waals surface area contributed by atoms with Gasteiger partial charge in [0, 0.05) is 28.9 Å². The van der Waals surface area contributed by atoms with Crippen LogP contribution in [0.1, 0.15) is 10.4 Å². The molecule has 1 amide bonds. The van der Waals surface area contributed by atoms with Gasteiger partial charge < -0.3 is 4.57 Å². The number of carbonyl (C=O) groups is 1. The Bertz CT molecular complexity index is 1060. The summed E-state index contributed by atoms with van der Waals surface area (Å²) in [6, 6.07) is 11.8. The molecule has 6 nitrogen and oxygen atoms in total. The molecule has 1 heterocycles. The van der Waals surface area contributed by atoms with E-state index in [1.54, 1.807) is 36.0 Å². The SMILES string of the molecule is CSCCn1c(=NC(=O)c2ccccc2Br)sc2cc([N+](=O)[O-])ccc21. The van der Waals surface area contributed by atoms with Crippen LogP contribution in [0.2, 0.25) is 0 Å². The molecule has 1 aromatic heterocycles. The number of thioether (sulfide) groups is 1. The standard InChI is InChI=1S/C17H14BrN3O3S2/c1-25-9-8-20-14-7-6-11(21(23)24)10-15(14)26-17(20)19-16(22)12-4-2-3-5-13(12)18/h2-7,10H,8-9H2,1H3. The van der Waals surface area contributed by atoms with Crippen molar-refractivity contribution in [1.82, 2.24) is 4.57 Å². The van der Waals surface area contributed by atoms with E-state index in [9.17, 15) is 14.9 Å².